The summed E-state index contributed by atoms with van der Waals surface area (Å²) in [4.78, 5) is 16.6. The number of carbonyl (C=O) groups excluding carboxylic acids is 1. The van der Waals surface area contributed by atoms with E-state index in [-0.39, 0.29) is 5.91 Å². The fraction of sp³-hybridized carbons (Fsp3) is 0.300. The van der Waals surface area contributed by atoms with Crippen molar-refractivity contribution in [3.8, 4) is 0 Å². The highest BCUT2D eigenvalue weighted by Crippen LogP contribution is 2.09. The number of carbonyl (C=O) groups is 1. The minimum absolute atomic E-state index is 0.0742. The molecule has 3 rings (SSSR count). The molecule has 0 saturated carbocycles. The van der Waals surface area contributed by atoms with Gasteiger partial charge in [-0.2, -0.15) is 5.10 Å². The number of rotatable bonds is 6. The fourth-order valence-corrected chi connectivity index (χ4v) is 3.18. The Balaban J connectivity index is 1.37. The summed E-state index contributed by atoms with van der Waals surface area (Å²) in [5.74, 6) is -0.0742. The number of benzene rings is 2. The van der Waals surface area contributed by atoms with Crippen LogP contribution in [0.5, 0.6) is 0 Å². The van der Waals surface area contributed by atoms with Crippen molar-refractivity contribution in [1.29, 1.82) is 0 Å². The van der Waals surface area contributed by atoms with Crippen LogP contribution in [0.3, 0.4) is 0 Å². The third-order valence-corrected chi connectivity index (χ3v) is 4.88. The fourth-order valence-electron chi connectivity index (χ4n) is 2.91. The first-order chi connectivity index (χ1) is 12.7. The van der Waals surface area contributed by atoms with E-state index < -0.39 is 0 Å². The SMILES string of the molecule is O=C(CN1CCN(Cc2ccccc2)CC1)NN=Cc1ccc(Br)cc1. The van der Waals surface area contributed by atoms with E-state index in [1.54, 1.807) is 6.21 Å². The monoisotopic (exact) mass is 414 g/mol. The van der Waals surface area contributed by atoms with Crippen LogP contribution in [0.15, 0.2) is 64.2 Å². The Kier molecular flexibility index (Phi) is 6.94. The van der Waals surface area contributed by atoms with Crippen molar-refractivity contribution in [2.24, 2.45) is 5.10 Å². The van der Waals surface area contributed by atoms with Crippen LogP contribution < -0.4 is 5.43 Å². The molecule has 136 valence electrons. The average Bonchev–Trinajstić information content (AvgIpc) is 2.66. The summed E-state index contributed by atoms with van der Waals surface area (Å²) in [5, 5.41) is 4.03. The lowest BCUT2D eigenvalue weighted by Gasteiger charge is -2.34. The van der Waals surface area contributed by atoms with Crippen LogP contribution in [0.2, 0.25) is 0 Å². The van der Waals surface area contributed by atoms with Gasteiger partial charge in [-0.3, -0.25) is 14.6 Å². The topological polar surface area (TPSA) is 47.9 Å². The zero-order valence-electron chi connectivity index (χ0n) is 14.6. The molecule has 6 heteroatoms. The van der Waals surface area contributed by atoms with Crippen LogP contribution >= 0.6 is 15.9 Å². The lowest BCUT2D eigenvalue weighted by molar-refractivity contribution is -0.122. The van der Waals surface area contributed by atoms with Crippen LogP contribution in [0.1, 0.15) is 11.1 Å². The van der Waals surface area contributed by atoms with Crippen molar-refractivity contribution in [3.05, 3.63) is 70.2 Å². The molecule has 1 fully saturated rings. The van der Waals surface area contributed by atoms with Crippen molar-refractivity contribution in [1.82, 2.24) is 15.2 Å². The summed E-state index contributed by atoms with van der Waals surface area (Å²) >= 11 is 3.39. The molecule has 1 saturated heterocycles. The zero-order valence-corrected chi connectivity index (χ0v) is 16.2. The second-order valence-electron chi connectivity index (χ2n) is 6.38. The Morgan fingerprint density at radius 3 is 2.35 bits per heavy atom. The Hall–Kier alpha value is -2.02. The molecule has 0 radical (unpaired) electrons. The minimum Gasteiger partial charge on any atom is -0.297 e. The van der Waals surface area contributed by atoms with Crippen molar-refractivity contribution in [2.45, 2.75) is 6.54 Å². The van der Waals surface area contributed by atoms with Crippen LogP contribution in [0.4, 0.5) is 0 Å². The van der Waals surface area contributed by atoms with Gasteiger partial charge in [0.1, 0.15) is 0 Å². The van der Waals surface area contributed by atoms with Crippen LogP contribution in [0, 0.1) is 0 Å². The van der Waals surface area contributed by atoms with Gasteiger partial charge in [-0.05, 0) is 23.3 Å². The van der Waals surface area contributed by atoms with Gasteiger partial charge in [0.15, 0.2) is 0 Å². The number of nitrogens with one attached hydrogen (secondary N) is 1. The number of piperazine rings is 1. The van der Waals surface area contributed by atoms with E-state index in [1.165, 1.54) is 5.56 Å². The maximum absolute atomic E-state index is 12.0. The average molecular weight is 415 g/mol. The van der Waals surface area contributed by atoms with Gasteiger partial charge in [0, 0.05) is 37.2 Å². The van der Waals surface area contributed by atoms with Gasteiger partial charge in [-0.1, -0.05) is 58.4 Å². The Labute approximate surface area is 162 Å². The molecule has 0 atom stereocenters. The molecule has 0 aromatic heterocycles. The number of hydrogen-bond acceptors (Lipinski definition) is 4. The van der Waals surface area contributed by atoms with Crippen LogP contribution in [-0.4, -0.2) is 54.6 Å². The van der Waals surface area contributed by atoms with E-state index in [1.807, 2.05) is 30.3 Å². The molecule has 5 nitrogen and oxygen atoms in total. The molecule has 0 aliphatic carbocycles. The van der Waals surface area contributed by atoms with E-state index in [9.17, 15) is 4.79 Å². The highest BCUT2D eigenvalue weighted by molar-refractivity contribution is 9.10. The highest BCUT2D eigenvalue weighted by Gasteiger charge is 2.18. The molecule has 1 N–H and O–H groups in total. The zero-order chi connectivity index (χ0) is 18.2. The smallest absolute Gasteiger partial charge is 0.254 e. The van der Waals surface area contributed by atoms with E-state index in [0.717, 1.165) is 42.8 Å². The molecule has 1 aliphatic rings. The molecular formula is C20H23BrN4O. The second kappa shape index (κ2) is 9.62. The standard InChI is InChI=1S/C20H23BrN4O/c21-19-8-6-17(7-9-19)14-22-23-20(26)16-25-12-10-24(11-13-25)15-18-4-2-1-3-5-18/h1-9,14H,10-13,15-16H2,(H,23,26). The molecule has 0 spiro atoms. The molecule has 2 aromatic carbocycles. The number of halogens is 1. The maximum Gasteiger partial charge on any atom is 0.254 e. The number of amides is 1. The van der Waals surface area contributed by atoms with E-state index in [4.69, 9.17) is 0 Å². The predicted molar refractivity (Wildman–Crippen MR) is 108 cm³/mol. The molecule has 1 aliphatic heterocycles. The van der Waals surface area contributed by atoms with Gasteiger partial charge < -0.3 is 0 Å². The predicted octanol–water partition coefficient (Wildman–Crippen LogP) is 2.72. The van der Waals surface area contributed by atoms with Crippen molar-refractivity contribution < 1.29 is 4.79 Å². The van der Waals surface area contributed by atoms with Gasteiger partial charge in [-0.15, -0.1) is 0 Å². The normalized spacial score (nSPS) is 16.0. The maximum atomic E-state index is 12.0. The molecule has 26 heavy (non-hydrogen) atoms. The molecule has 0 bridgehead atoms. The summed E-state index contributed by atoms with van der Waals surface area (Å²) in [6.07, 6.45) is 1.65. The van der Waals surface area contributed by atoms with E-state index >= 15 is 0 Å². The Morgan fingerprint density at radius 2 is 1.65 bits per heavy atom. The molecule has 0 unspecified atom stereocenters. The van der Waals surface area contributed by atoms with E-state index in [0.29, 0.717) is 6.54 Å². The first-order valence-electron chi connectivity index (χ1n) is 8.75. The van der Waals surface area contributed by atoms with Crippen LogP contribution in [-0.2, 0) is 11.3 Å². The third-order valence-electron chi connectivity index (χ3n) is 4.35. The Morgan fingerprint density at radius 1 is 1.00 bits per heavy atom. The molecule has 1 amide bonds. The minimum atomic E-state index is -0.0742. The highest BCUT2D eigenvalue weighted by atomic mass is 79.9. The molecular weight excluding hydrogens is 392 g/mol. The van der Waals surface area contributed by atoms with Gasteiger partial charge in [-0.25, -0.2) is 5.43 Å². The Bertz CT molecular complexity index is 725. The van der Waals surface area contributed by atoms with Gasteiger partial charge in [0.2, 0.25) is 0 Å². The summed E-state index contributed by atoms with van der Waals surface area (Å²) in [7, 11) is 0. The lowest BCUT2D eigenvalue weighted by atomic mass is 10.2. The summed E-state index contributed by atoms with van der Waals surface area (Å²) in [6.45, 7) is 5.11. The number of hydrogen-bond donors (Lipinski definition) is 1. The first-order valence-corrected chi connectivity index (χ1v) is 9.54. The second-order valence-corrected chi connectivity index (χ2v) is 7.30. The van der Waals surface area contributed by atoms with Gasteiger partial charge in [0.05, 0.1) is 12.8 Å². The summed E-state index contributed by atoms with van der Waals surface area (Å²) < 4.78 is 1.02. The van der Waals surface area contributed by atoms with Crippen molar-refractivity contribution in [3.63, 3.8) is 0 Å². The summed E-state index contributed by atoms with van der Waals surface area (Å²) in [6, 6.07) is 18.3. The third kappa shape index (κ3) is 6.05. The number of nitrogens with zero attached hydrogens (tertiary/aromatic N) is 3. The number of hydrazone groups is 1. The molecule has 1 heterocycles. The summed E-state index contributed by atoms with van der Waals surface area (Å²) in [5.41, 5.74) is 4.89. The van der Waals surface area contributed by atoms with Crippen LogP contribution in [0.25, 0.3) is 0 Å². The lowest BCUT2D eigenvalue weighted by Crippen LogP contribution is -2.48. The van der Waals surface area contributed by atoms with Gasteiger partial charge >= 0.3 is 0 Å². The molecule has 2 aromatic rings. The van der Waals surface area contributed by atoms with Gasteiger partial charge in [0.25, 0.3) is 5.91 Å². The van der Waals surface area contributed by atoms with Crippen molar-refractivity contribution >= 4 is 28.1 Å². The largest absolute Gasteiger partial charge is 0.297 e. The van der Waals surface area contributed by atoms with E-state index in [2.05, 4.69) is 60.5 Å². The quantitative estimate of drug-likeness (QED) is 0.583. The van der Waals surface area contributed by atoms with Crippen molar-refractivity contribution in [2.75, 3.05) is 32.7 Å². The first kappa shape index (κ1) is 18.8.